The summed E-state index contributed by atoms with van der Waals surface area (Å²) in [5.41, 5.74) is 6.87. The van der Waals surface area contributed by atoms with Gasteiger partial charge in [-0.25, -0.2) is 4.98 Å². The number of alkyl halides is 2. The average Bonchev–Trinajstić information content (AvgIpc) is 3.35. The van der Waals surface area contributed by atoms with Crippen LogP contribution in [0.15, 0.2) is 35.8 Å². The fourth-order valence-corrected chi connectivity index (χ4v) is 5.19. The quantitative estimate of drug-likeness (QED) is 0.383. The summed E-state index contributed by atoms with van der Waals surface area (Å²) in [4.78, 5) is 24.9. The van der Waals surface area contributed by atoms with Crippen molar-refractivity contribution in [1.82, 2.24) is 14.9 Å². The molecule has 2 aliphatic heterocycles. The number of carbonyl (C=O) groups excluding carboxylic acids is 1. The van der Waals surface area contributed by atoms with Gasteiger partial charge in [-0.05, 0) is 23.6 Å². The van der Waals surface area contributed by atoms with E-state index in [0.29, 0.717) is 17.2 Å². The molecule has 10 nitrogen and oxygen atoms in total. The van der Waals surface area contributed by atoms with E-state index in [9.17, 15) is 13.6 Å². The monoisotopic (exact) mass is 551 g/mol. The number of fused-ring (bicyclic) bond motifs is 1. The van der Waals surface area contributed by atoms with Crippen molar-refractivity contribution in [3.63, 3.8) is 0 Å². The predicted octanol–water partition coefficient (Wildman–Crippen LogP) is 3.90. The van der Waals surface area contributed by atoms with Crippen LogP contribution in [0.5, 0.6) is 5.75 Å². The van der Waals surface area contributed by atoms with Crippen LogP contribution in [0.3, 0.4) is 0 Å². The first-order chi connectivity index (χ1) is 17.9. The van der Waals surface area contributed by atoms with Crippen LogP contribution in [0.4, 0.5) is 37.6 Å². The summed E-state index contributed by atoms with van der Waals surface area (Å²) in [5.74, 6) is -0.341. The molecule has 2 aliphatic rings. The van der Waals surface area contributed by atoms with Crippen LogP contribution in [0.2, 0.25) is 5.02 Å². The highest BCUT2D eigenvalue weighted by atomic mass is 35.5. The molecule has 0 saturated carbocycles. The lowest BCUT2D eigenvalue weighted by Gasteiger charge is -2.44. The molecule has 2 saturated heterocycles. The van der Waals surface area contributed by atoms with Crippen LogP contribution in [0.25, 0.3) is 0 Å². The first-order valence-electron chi connectivity index (χ1n) is 11.5. The molecule has 196 valence electrons. The highest BCUT2D eigenvalue weighted by molar-refractivity contribution is 7.12. The number of nitrogens with zero attached hydrogens (tertiary/aromatic N) is 4. The van der Waals surface area contributed by atoms with E-state index < -0.39 is 12.5 Å². The van der Waals surface area contributed by atoms with Gasteiger partial charge >= 0.3 is 6.61 Å². The topological polar surface area (TPSA) is 118 Å². The number of hydrogen-bond donors (Lipinski definition) is 3. The lowest BCUT2D eigenvalue weighted by Crippen LogP contribution is -2.58. The summed E-state index contributed by atoms with van der Waals surface area (Å²) in [6.07, 6.45) is 1.35. The van der Waals surface area contributed by atoms with Gasteiger partial charge in [0.05, 0.1) is 36.8 Å². The van der Waals surface area contributed by atoms with Crippen molar-refractivity contribution in [2.24, 2.45) is 5.73 Å². The van der Waals surface area contributed by atoms with Crippen molar-refractivity contribution in [2.45, 2.75) is 12.7 Å². The van der Waals surface area contributed by atoms with Crippen LogP contribution in [0, 0.1) is 0 Å². The van der Waals surface area contributed by atoms with E-state index in [2.05, 4.69) is 30.4 Å². The number of rotatable bonds is 8. The molecule has 3 aromatic rings. The maximum Gasteiger partial charge on any atom is 0.387 e. The van der Waals surface area contributed by atoms with E-state index >= 15 is 0 Å². The fourth-order valence-electron chi connectivity index (χ4n) is 4.35. The summed E-state index contributed by atoms with van der Waals surface area (Å²) in [6, 6.07) is 6.98. The molecule has 2 fully saturated rings. The average molecular weight is 552 g/mol. The van der Waals surface area contributed by atoms with Crippen molar-refractivity contribution in [1.29, 1.82) is 0 Å². The molecule has 0 unspecified atom stereocenters. The predicted molar refractivity (Wildman–Crippen MR) is 138 cm³/mol. The van der Waals surface area contributed by atoms with Crippen LogP contribution in [0.1, 0.15) is 9.67 Å². The highest BCUT2D eigenvalue weighted by Crippen LogP contribution is 2.35. The number of anilines is 5. The number of morpholine rings is 1. The van der Waals surface area contributed by atoms with Crippen molar-refractivity contribution >= 4 is 57.7 Å². The normalized spacial score (nSPS) is 17.9. The van der Waals surface area contributed by atoms with Crippen LogP contribution in [-0.2, 0) is 4.74 Å². The smallest absolute Gasteiger partial charge is 0.387 e. The Kier molecular flexibility index (Phi) is 7.55. The van der Waals surface area contributed by atoms with Gasteiger partial charge in [0.2, 0.25) is 5.95 Å². The zero-order valence-electron chi connectivity index (χ0n) is 19.5. The lowest BCUT2D eigenvalue weighted by atomic mass is 10.1. The molecule has 5 rings (SSSR count). The van der Waals surface area contributed by atoms with E-state index in [0.717, 1.165) is 38.5 Å². The molecular formula is C23H24ClF2N7O3S. The number of aromatic nitrogens is 2. The number of piperazine rings is 1. The van der Waals surface area contributed by atoms with Crippen molar-refractivity contribution < 1.29 is 23.0 Å². The Morgan fingerprint density at radius 1 is 1.24 bits per heavy atom. The summed E-state index contributed by atoms with van der Waals surface area (Å²) in [5, 5.41) is 7.78. The lowest BCUT2D eigenvalue weighted by molar-refractivity contribution is -0.0493. The number of nitrogens with one attached hydrogen (secondary N) is 2. The van der Waals surface area contributed by atoms with E-state index in [1.54, 1.807) is 23.6 Å². The van der Waals surface area contributed by atoms with Gasteiger partial charge in [-0.3, -0.25) is 9.69 Å². The molecular weight excluding hydrogens is 528 g/mol. The molecule has 4 heterocycles. The van der Waals surface area contributed by atoms with Gasteiger partial charge in [-0.15, -0.1) is 11.3 Å². The molecule has 0 spiro atoms. The first kappa shape index (κ1) is 25.4. The number of carbonyl (C=O) groups is 1. The molecule has 1 amide bonds. The summed E-state index contributed by atoms with van der Waals surface area (Å²) in [7, 11) is 0. The molecule has 0 radical (unpaired) electrons. The van der Waals surface area contributed by atoms with Crippen LogP contribution < -0.4 is 26.0 Å². The SMILES string of the molecule is NC(=O)c1sccc1Nc1nc(Nc2ccc(N3CCN4CCOC[C@H]4C3)cc2OC(F)F)ncc1Cl. The number of hydrogen-bond acceptors (Lipinski definition) is 10. The van der Waals surface area contributed by atoms with Gasteiger partial charge in [0.25, 0.3) is 5.91 Å². The Labute approximate surface area is 220 Å². The van der Waals surface area contributed by atoms with Crippen molar-refractivity contribution in [2.75, 3.05) is 54.9 Å². The molecule has 1 aromatic carbocycles. The number of ether oxygens (including phenoxy) is 2. The van der Waals surface area contributed by atoms with Gasteiger partial charge in [0, 0.05) is 37.9 Å². The molecule has 0 bridgehead atoms. The summed E-state index contributed by atoms with van der Waals surface area (Å²) in [6.45, 7) is 1.62. The largest absolute Gasteiger partial charge is 0.433 e. The second kappa shape index (κ2) is 11.0. The van der Waals surface area contributed by atoms with E-state index in [-0.39, 0.29) is 34.3 Å². The molecule has 37 heavy (non-hydrogen) atoms. The standard InChI is InChI=1S/C23H24ClF2N7O3S/c24-15-10-28-23(31-21(15)29-17-3-8-37-19(17)20(27)34)30-16-2-1-13(9-18(16)36-22(25)26)33-5-4-32-6-7-35-12-14(32)11-33/h1-3,8-10,14,22H,4-7,11-12H2,(H2,27,34)(H2,28,29,30,31)/t14-/m1/s1. The van der Waals surface area contributed by atoms with E-state index in [1.807, 2.05) is 6.07 Å². The molecule has 14 heteroatoms. The van der Waals surface area contributed by atoms with Crippen LogP contribution in [-0.4, -0.2) is 72.8 Å². The fraction of sp³-hybridized carbons (Fsp3) is 0.348. The maximum atomic E-state index is 13.3. The van der Waals surface area contributed by atoms with E-state index in [1.165, 1.54) is 17.5 Å². The van der Waals surface area contributed by atoms with Crippen molar-refractivity contribution in [3.8, 4) is 5.75 Å². The third kappa shape index (κ3) is 5.85. The van der Waals surface area contributed by atoms with Gasteiger partial charge in [-0.1, -0.05) is 11.6 Å². The van der Waals surface area contributed by atoms with Gasteiger partial charge in [0.15, 0.2) is 11.6 Å². The number of nitrogens with two attached hydrogens (primary N) is 1. The molecule has 0 aliphatic carbocycles. The molecule has 1 atom stereocenters. The summed E-state index contributed by atoms with van der Waals surface area (Å²) >= 11 is 7.41. The Hall–Kier alpha value is -3.26. The van der Waals surface area contributed by atoms with Gasteiger partial charge in [0.1, 0.15) is 9.90 Å². The summed E-state index contributed by atoms with van der Waals surface area (Å²) < 4.78 is 37.0. The van der Waals surface area contributed by atoms with E-state index in [4.69, 9.17) is 26.8 Å². The Morgan fingerprint density at radius 2 is 2.11 bits per heavy atom. The molecule has 4 N–H and O–H groups in total. The third-order valence-corrected chi connectivity index (χ3v) is 7.32. The second-order valence-electron chi connectivity index (χ2n) is 8.44. The minimum absolute atomic E-state index is 0.0447. The second-order valence-corrected chi connectivity index (χ2v) is 9.76. The van der Waals surface area contributed by atoms with Gasteiger partial charge in [-0.2, -0.15) is 13.8 Å². The number of halogens is 3. The Morgan fingerprint density at radius 3 is 2.92 bits per heavy atom. The highest BCUT2D eigenvalue weighted by Gasteiger charge is 2.30. The number of benzene rings is 1. The molecule has 2 aromatic heterocycles. The minimum Gasteiger partial charge on any atom is -0.433 e. The van der Waals surface area contributed by atoms with Gasteiger partial charge < -0.3 is 30.7 Å². The Balaban J connectivity index is 1.37. The van der Waals surface area contributed by atoms with Crippen molar-refractivity contribution in [3.05, 3.63) is 45.7 Å². The number of thiophene rings is 1. The zero-order valence-corrected chi connectivity index (χ0v) is 21.1. The first-order valence-corrected chi connectivity index (χ1v) is 12.7. The van der Waals surface area contributed by atoms with Crippen LogP contribution >= 0.6 is 22.9 Å². The Bertz CT molecular complexity index is 1280. The number of amides is 1. The number of primary amides is 1. The minimum atomic E-state index is -3.02. The zero-order chi connectivity index (χ0) is 25.9. The maximum absolute atomic E-state index is 13.3. The third-order valence-electron chi connectivity index (χ3n) is 6.12.